The van der Waals surface area contributed by atoms with Gasteiger partial charge >= 0.3 is 5.97 Å². The summed E-state index contributed by atoms with van der Waals surface area (Å²) in [5, 5.41) is 0. The molecular formula is C7H7NO3. The number of hydrogen-bond donors (Lipinski definition) is 0. The molecule has 11 heavy (non-hydrogen) atoms. The fourth-order valence-corrected chi connectivity index (χ4v) is 0.745. The molecule has 0 unspecified atom stereocenters. The zero-order chi connectivity index (χ0) is 8.27. The van der Waals surface area contributed by atoms with E-state index in [9.17, 15) is 9.59 Å². The molecule has 0 bridgehead atoms. The Balaban J connectivity index is 2.74. The van der Waals surface area contributed by atoms with Crippen molar-refractivity contribution < 1.29 is 14.3 Å². The molecule has 58 valence electrons. The topological polar surface area (TPSA) is 55.7 Å². The summed E-state index contributed by atoms with van der Waals surface area (Å²) in [4.78, 5) is 25.1. The number of aliphatic imine (C=N–C) groups is 1. The summed E-state index contributed by atoms with van der Waals surface area (Å²) < 4.78 is 4.40. The van der Waals surface area contributed by atoms with Crippen LogP contribution in [-0.4, -0.2) is 25.1 Å². The number of esters is 1. The smallest absolute Gasteiger partial charge is 0.335 e. The minimum Gasteiger partial charge on any atom is -0.466 e. The van der Waals surface area contributed by atoms with Crippen molar-refractivity contribution in [2.75, 3.05) is 7.11 Å². The van der Waals surface area contributed by atoms with Gasteiger partial charge in [-0.05, 0) is 0 Å². The van der Waals surface area contributed by atoms with Crippen LogP contribution in [-0.2, 0) is 14.3 Å². The van der Waals surface area contributed by atoms with E-state index in [1.807, 2.05) is 0 Å². The molecular weight excluding hydrogens is 146 g/mol. The van der Waals surface area contributed by atoms with E-state index >= 15 is 0 Å². The lowest BCUT2D eigenvalue weighted by Gasteiger charge is -2.03. The van der Waals surface area contributed by atoms with Gasteiger partial charge in [0.1, 0.15) is 0 Å². The fourth-order valence-electron chi connectivity index (χ4n) is 0.745. The molecule has 0 aromatic heterocycles. The van der Waals surface area contributed by atoms with Crippen LogP contribution in [0.2, 0.25) is 0 Å². The Bertz CT molecular complexity index is 252. The van der Waals surface area contributed by atoms with Crippen LogP contribution in [0.25, 0.3) is 0 Å². The van der Waals surface area contributed by atoms with Gasteiger partial charge in [-0.1, -0.05) is 0 Å². The number of carbonyl (C=O) groups is 2. The molecule has 1 aliphatic heterocycles. The first-order valence-corrected chi connectivity index (χ1v) is 3.07. The Kier molecular flexibility index (Phi) is 2.15. The van der Waals surface area contributed by atoms with Gasteiger partial charge in [0.2, 0.25) is 0 Å². The number of ketones is 1. The van der Waals surface area contributed by atoms with E-state index in [0.717, 1.165) is 0 Å². The molecule has 0 atom stereocenters. The first-order valence-electron chi connectivity index (χ1n) is 3.07. The van der Waals surface area contributed by atoms with E-state index in [1.54, 1.807) is 0 Å². The number of nitrogens with zero attached hydrogens (tertiary/aromatic N) is 1. The molecule has 0 radical (unpaired) electrons. The molecule has 4 heteroatoms. The molecule has 0 saturated carbocycles. The lowest BCUT2D eigenvalue weighted by Crippen LogP contribution is -2.13. The maximum absolute atomic E-state index is 10.8. The van der Waals surface area contributed by atoms with Crippen LogP contribution in [0.15, 0.2) is 16.8 Å². The first kappa shape index (κ1) is 7.65. The van der Waals surface area contributed by atoms with E-state index in [2.05, 4.69) is 9.73 Å². The second-order valence-electron chi connectivity index (χ2n) is 2.07. The summed E-state index contributed by atoms with van der Waals surface area (Å²) >= 11 is 0. The monoisotopic (exact) mass is 153 g/mol. The van der Waals surface area contributed by atoms with Crippen LogP contribution >= 0.6 is 0 Å². The summed E-state index contributed by atoms with van der Waals surface area (Å²) in [6.07, 6.45) is 2.62. The standard InChI is InChI=1S/C7H7NO3/c1-11-7(10)5-2-6(9)4-8-3-5/h3-4H,2H2,1H3. The largest absolute Gasteiger partial charge is 0.466 e. The molecule has 0 aromatic rings. The summed E-state index contributed by atoms with van der Waals surface area (Å²) in [5.74, 6) is -0.664. The second-order valence-corrected chi connectivity index (χ2v) is 2.07. The highest BCUT2D eigenvalue weighted by Crippen LogP contribution is 2.07. The van der Waals surface area contributed by atoms with Crippen molar-refractivity contribution in [2.45, 2.75) is 6.42 Å². The van der Waals surface area contributed by atoms with Crippen LogP contribution < -0.4 is 0 Å². The van der Waals surface area contributed by atoms with Gasteiger partial charge in [0.15, 0.2) is 5.78 Å². The van der Waals surface area contributed by atoms with Crippen molar-refractivity contribution in [1.82, 2.24) is 0 Å². The molecule has 0 spiro atoms. The van der Waals surface area contributed by atoms with Crippen molar-refractivity contribution in [3.8, 4) is 0 Å². The summed E-state index contributed by atoms with van der Waals surface area (Å²) in [6.45, 7) is 0. The highest BCUT2D eigenvalue weighted by Gasteiger charge is 2.15. The average molecular weight is 153 g/mol. The maximum Gasteiger partial charge on any atom is 0.335 e. The van der Waals surface area contributed by atoms with Crippen LogP contribution in [0.4, 0.5) is 0 Å². The predicted octanol–water partition coefficient (Wildman–Crippen LogP) is 0.0869. The van der Waals surface area contributed by atoms with Crippen LogP contribution in [0.5, 0.6) is 0 Å². The lowest BCUT2D eigenvalue weighted by molar-refractivity contribution is -0.136. The van der Waals surface area contributed by atoms with Crippen molar-refractivity contribution in [2.24, 2.45) is 4.99 Å². The van der Waals surface area contributed by atoms with Crippen molar-refractivity contribution >= 4 is 18.0 Å². The number of methoxy groups -OCH3 is 1. The minimum absolute atomic E-state index is 0.0934. The molecule has 1 heterocycles. The summed E-state index contributed by atoms with van der Waals surface area (Å²) in [7, 11) is 1.27. The Labute approximate surface area is 63.6 Å². The Morgan fingerprint density at radius 1 is 1.73 bits per heavy atom. The van der Waals surface area contributed by atoms with Gasteiger partial charge in [-0.3, -0.25) is 9.79 Å². The Morgan fingerprint density at radius 3 is 3.00 bits per heavy atom. The minimum atomic E-state index is -0.491. The zero-order valence-corrected chi connectivity index (χ0v) is 6.03. The van der Waals surface area contributed by atoms with Gasteiger partial charge in [0, 0.05) is 12.6 Å². The van der Waals surface area contributed by atoms with Gasteiger partial charge in [0.25, 0.3) is 0 Å². The molecule has 1 rings (SSSR count). The molecule has 0 N–H and O–H groups in total. The first-order chi connectivity index (χ1) is 5.24. The average Bonchev–Trinajstić information content (AvgIpc) is 2.03. The predicted molar refractivity (Wildman–Crippen MR) is 38.2 cm³/mol. The fraction of sp³-hybridized carbons (Fsp3) is 0.286. The zero-order valence-electron chi connectivity index (χ0n) is 6.03. The van der Waals surface area contributed by atoms with Crippen LogP contribution in [0.1, 0.15) is 6.42 Å². The van der Waals surface area contributed by atoms with Crippen LogP contribution in [0, 0.1) is 0 Å². The third-order valence-corrected chi connectivity index (χ3v) is 1.26. The van der Waals surface area contributed by atoms with E-state index < -0.39 is 5.97 Å². The molecule has 0 saturated heterocycles. The molecule has 4 nitrogen and oxygen atoms in total. The van der Waals surface area contributed by atoms with Gasteiger partial charge in [-0.25, -0.2) is 4.79 Å². The highest BCUT2D eigenvalue weighted by atomic mass is 16.5. The summed E-state index contributed by atoms with van der Waals surface area (Å²) in [5.41, 5.74) is 0.306. The summed E-state index contributed by atoms with van der Waals surface area (Å²) in [6, 6.07) is 0. The number of carbonyl (C=O) groups excluding carboxylic acids is 2. The van der Waals surface area contributed by atoms with E-state index in [1.165, 1.54) is 19.5 Å². The van der Waals surface area contributed by atoms with Crippen molar-refractivity contribution in [1.29, 1.82) is 0 Å². The molecule has 1 aliphatic rings. The Morgan fingerprint density at radius 2 is 2.45 bits per heavy atom. The number of rotatable bonds is 1. The van der Waals surface area contributed by atoms with E-state index in [4.69, 9.17) is 0 Å². The lowest BCUT2D eigenvalue weighted by atomic mass is 10.1. The number of Topliss-reactive ketones (excluding diaryl/α,β-unsaturated/α-hetero) is 1. The SMILES string of the molecule is COC(=O)C1=CN=CC(=O)C1. The number of ether oxygens (including phenoxy) is 1. The van der Waals surface area contributed by atoms with Gasteiger partial charge < -0.3 is 4.74 Å². The third-order valence-electron chi connectivity index (χ3n) is 1.26. The van der Waals surface area contributed by atoms with Crippen LogP contribution in [0.3, 0.4) is 0 Å². The molecule has 0 amide bonds. The molecule has 0 aliphatic carbocycles. The van der Waals surface area contributed by atoms with Gasteiger partial charge in [0.05, 0.1) is 18.9 Å². The van der Waals surface area contributed by atoms with Gasteiger partial charge in [-0.15, -0.1) is 0 Å². The second kappa shape index (κ2) is 3.09. The quantitative estimate of drug-likeness (QED) is 0.501. The van der Waals surface area contributed by atoms with Gasteiger partial charge in [-0.2, -0.15) is 0 Å². The van der Waals surface area contributed by atoms with E-state index in [0.29, 0.717) is 5.57 Å². The Hall–Kier alpha value is -1.45. The highest BCUT2D eigenvalue weighted by molar-refractivity contribution is 6.30. The number of hydrogen-bond acceptors (Lipinski definition) is 4. The molecule has 0 aromatic carbocycles. The molecule has 0 fully saturated rings. The maximum atomic E-state index is 10.8. The normalized spacial score (nSPS) is 16.1. The van der Waals surface area contributed by atoms with Crippen molar-refractivity contribution in [3.63, 3.8) is 0 Å². The van der Waals surface area contributed by atoms with Crippen molar-refractivity contribution in [3.05, 3.63) is 11.8 Å². The third kappa shape index (κ3) is 1.73. The van der Waals surface area contributed by atoms with E-state index in [-0.39, 0.29) is 12.2 Å².